The first kappa shape index (κ1) is 14.5. The fourth-order valence-electron chi connectivity index (χ4n) is 2.43. The molecule has 0 amide bonds. The first-order valence-corrected chi connectivity index (χ1v) is 7.83. The van der Waals surface area contributed by atoms with Gasteiger partial charge >= 0.3 is 0 Å². The molecule has 0 aliphatic rings. The van der Waals surface area contributed by atoms with Crippen molar-refractivity contribution in [3.8, 4) is 5.82 Å². The van der Waals surface area contributed by atoms with Crippen LogP contribution in [0.25, 0.3) is 11.9 Å². The van der Waals surface area contributed by atoms with Crippen LogP contribution in [0.4, 0.5) is 0 Å². The second kappa shape index (κ2) is 5.77. The van der Waals surface area contributed by atoms with E-state index in [9.17, 15) is 4.79 Å². The summed E-state index contributed by atoms with van der Waals surface area (Å²) in [4.78, 5) is 12.8. The molecule has 0 saturated carbocycles. The third-order valence-electron chi connectivity index (χ3n) is 3.49. The largest absolute Gasteiger partial charge is 0.360 e. The second-order valence-corrected chi connectivity index (χ2v) is 6.08. The second-order valence-electron chi connectivity index (χ2n) is 5.13. The van der Waals surface area contributed by atoms with E-state index in [-0.39, 0.29) is 5.78 Å². The maximum absolute atomic E-state index is 12.0. The van der Waals surface area contributed by atoms with E-state index < -0.39 is 0 Å². The topological polar surface area (TPSA) is 48.0 Å². The summed E-state index contributed by atoms with van der Waals surface area (Å²) in [7, 11) is 0. The zero-order valence-corrected chi connectivity index (χ0v) is 13.5. The van der Waals surface area contributed by atoms with E-state index in [1.54, 1.807) is 6.08 Å². The Balaban J connectivity index is 1.91. The minimum absolute atomic E-state index is 0.0251. The maximum Gasteiger partial charge on any atom is 0.195 e. The summed E-state index contributed by atoms with van der Waals surface area (Å²) in [5.74, 6) is 1.56. The Kier molecular flexibility index (Phi) is 3.81. The summed E-state index contributed by atoms with van der Waals surface area (Å²) < 4.78 is 7.16. The molecule has 0 spiro atoms. The molecule has 0 aliphatic carbocycles. The van der Waals surface area contributed by atoms with E-state index in [1.165, 1.54) is 11.3 Å². The Morgan fingerprint density at radius 2 is 2.14 bits per heavy atom. The molecule has 22 heavy (non-hydrogen) atoms. The van der Waals surface area contributed by atoms with Crippen LogP contribution in [0.5, 0.6) is 0 Å². The van der Waals surface area contributed by atoms with Crippen LogP contribution in [0.1, 0.15) is 32.4 Å². The van der Waals surface area contributed by atoms with Crippen LogP contribution in [0.15, 0.2) is 40.2 Å². The lowest BCUT2D eigenvalue weighted by Gasteiger charge is -2.03. The molecule has 0 saturated heterocycles. The van der Waals surface area contributed by atoms with Gasteiger partial charge in [0, 0.05) is 17.5 Å². The van der Waals surface area contributed by atoms with Gasteiger partial charge in [-0.05, 0) is 56.0 Å². The van der Waals surface area contributed by atoms with Gasteiger partial charge in [0.25, 0.3) is 0 Å². The molecule has 5 heteroatoms. The van der Waals surface area contributed by atoms with Crippen molar-refractivity contribution in [1.29, 1.82) is 0 Å². The summed E-state index contributed by atoms with van der Waals surface area (Å²) in [5, 5.41) is 5.96. The third kappa shape index (κ3) is 2.67. The van der Waals surface area contributed by atoms with Crippen molar-refractivity contribution in [1.82, 2.24) is 9.72 Å². The van der Waals surface area contributed by atoms with E-state index >= 15 is 0 Å². The lowest BCUT2D eigenvalue weighted by atomic mass is 10.2. The van der Waals surface area contributed by atoms with Crippen LogP contribution in [-0.2, 0) is 0 Å². The highest BCUT2D eigenvalue weighted by molar-refractivity contribution is 7.12. The molecular formula is C17H16N2O2S. The Morgan fingerprint density at radius 3 is 2.77 bits per heavy atom. The lowest BCUT2D eigenvalue weighted by molar-refractivity contribution is 0.105. The number of carbonyl (C=O) groups is 1. The van der Waals surface area contributed by atoms with Gasteiger partial charge in [-0.2, -0.15) is 0 Å². The van der Waals surface area contributed by atoms with Crippen LogP contribution in [0.3, 0.4) is 0 Å². The minimum atomic E-state index is 0.0251. The molecule has 3 aromatic heterocycles. The Morgan fingerprint density at radius 1 is 1.32 bits per heavy atom. The summed E-state index contributed by atoms with van der Waals surface area (Å²) in [6.45, 7) is 5.88. The van der Waals surface area contributed by atoms with Crippen molar-refractivity contribution in [2.24, 2.45) is 0 Å². The number of hydrogen-bond acceptors (Lipinski definition) is 4. The number of aryl methyl sites for hydroxylation is 2. The molecule has 3 rings (SSSR count). The van der Waals surface area contributed by atoms with E-state index in [2.05, 4.69) is 5.16 Å². The molecule has 3 aromatic rings. The summed E-state index contributed by atoms with van der Waals surface area (Å²) in [6.07, 6.45) is 3.47. The van der Waals surface area contributed by atoms with E-state index in [4.69, 9.17) is 4.52 Å². The van der Waals surface area contributed by atoms with Crippen molar-refractivity contribution in [3.05, 3.63) is 63.3 Å². The first-order valence-electron chi connectivity index (χ1n) is 6.95. The first-order chi connectivity index (χ1) is 10.6. The highest BCUT2D eigenvalue weighted by atomic mass is 32.1. The van der Waals surface area contributed by atoms with Gasteiger partial charge in [0.1, 0.15) is 5.76 Å². The number of hydrogen-bond donors (Lipinski definition) is 0. The van der Waals surface area contributed by atoms with Gasteiger partial charge in [-0.15, -0.1) is 11.3 Å². The zero-order valence-electron chi connectivity index (χ0n) is 12.7. The lowest BCUT2D eigenvalue weighted by Crippen LogP contribution is -1.99. The van der Waals surface area contributed by atoms with Gasteiger partial charge in [-0.25, -0.2) is 0 Å². The van der Waals surface area contributed by atoms with E-state index in [0.29, 0.717) is 0 Å². The smallest absolute Gasteiger partial charge is 0.195 e. The average molecular weight is 312 g/mol. The molecule has 0 fully saturated rings. The number of rotatable bonds is 4. The number of nitrogens with zero attached hydrogens (tertiary/aromatic N) is 2. The van der Waals surface area contributed by atoms with Crippen molar-refractivity contribution < 1.29 is 9.32 Å². The van der Waals surface area contributed by atoms with Crippen molar-refractivity contribution >= 4 is 23.2 Å². The van der Waals surface area contributed by atoms with Crippen molar-refractivity contribution in [2.45, 2.75) is 20.8 Å². The summed E-state index contributed by atoms with van der Waals surface area (Å²) >= 11 is 1.45. The molecule has 0 aromatic carbocycles. The average Bonchev–Trinajstić information content (AvgIpc) is 3.19. The number of ketones is 1. The molecule has 3 heterocycles. The molecule has 0 radical (unpaired) electrons. The summed E-state index contributed by atoms with van der Waals surface area (Å²) in [6, 6.07) is 7.64. The molecule has 0 unspecified atom stereocenters. The molecular weight excluding hydrogens is 296 g/mol. The third-order valence-corrected chi connectivity index (χ3v) is 4.38. The van der Waals surface area contributed by atoms with E-state index in [0.717, 1.165) is 33.4 Å². The highest BCUT2D eigenvalue weighted by Gasteiger charge is 2.12. The van der Waals surface area contributed by atoms with Gasteiger partial charge in [0.2, 0.25) is 0 Å². The number of allylic oxidation sites excluding steroid dienone is 1. The molecule has 0 N–H and O–H groups in total. The number of thiophene rings is 1. The van der Waals surface area contributed by atoms with Crippen molar-refractivity contribution in [2.75, 3.05) is 0 Å². The van der Waals surface area contributed by atoms with Crippen molar-refractivity contribution in [3.63, 3.8) is 0 Å². The fourth-order valence-corrected chi connectivity index (χ4v) is 3.08. The van der Waals surface area contributed by atoms with E-state index in [1.807, 2.05) is 61.1 Å². The molecule has 4 nitrogen and oxygen atoms in total. The predicted octanol–water partition coefficient (Wildman–Crippen LogP) is 4.35. The predicted molar refractivity (Wildman–Crippen MR) is 87.7 cm³/mol. The molecule has 0 bridgehead atoms. The monoisotopic (exact) mass is 312 g/mol. The van der Waals surface area contributed by atoms with Crippen LogP contribution >= 0.6 is 11.3 Å². The number of carbonyl (C=O) groups excluding carboxylic acids is 1. The standard InChI is InChI=1S/C17H16N2O2S/c1-11-9-14(6-7-15(20)16-5-4-8-22-16)13(3)19(11)17-10-12(2)21-18-17/h4-10H,1-3H3/b7-6+. The fraction of sp³-hybridized carbons (Fsp3) is 0.176. The molecule has 112 valence electrons. The highest BCUT2D eigenvalue weighted by Crippen LogP contribution is 2.22. The van der Waals surface area contributed by atoms with Crippen LogP contribution in [0, 0.1) is 20.8 Å². The van der Waals surface area contributed by atoms with Crippen LogP contribution < -0.4 is 0 Å². The summed E-state index contributed by atoms with van der Waals surface area (Å²) in [5.41, 5.74) is 3.08. The minimum Gasteiger partial charge on any atom is -0.360 e. The van der Waals surface area contributed by atoms with Gasteiger partial charge < -0.3 is 4.52 Å². The van der Waals surface area contributed by atoms with Gasteiger partial charge in [-0.3, -0.25) is 9.36 Å². The quantitative estimate of drug-likeness (QED) is 0.531. The van der Waals surface area contributed by atoms with Crippen LogP contribution in [-0.4, -0.2) is 15.5 Å². The molecule has 0 aliphatic heterocycles. The normalized spacial score (nSPS) is 11.4. The Hall–Kier alpha value is -2.40. The van der Waals surface area contributed by atoms with Gasteiger partial charge in [-0.1, -0.05) is 11.2 Å². The SMILES string of the molecule is Cc1cc(-n2c(C)cc(/C=C/C(=O)c3cccs3)c2C)no1. The Labute approximate surface area is 132 Å². The van der Waals surface area contributed by atoms with Crippen LogP contribution in [0.2, 0.25) is 0 Å². The van der Waals surface area contributed by atoms with Gasteiger partial charge in [0.15, 0.2) is 11.6 Å². The zero-order chi connectivity index (χ0) is 15.7. The number of aromatic nitrogens is 2. The Bertz CT molecular complexity index is 838. The van der Waals surface area contributed by atoms with Gasteiger partial charge in [0.05, 0.1) is 4.88 Å². The maximum atomic E-state index is 12.0. The molecule has 0 atom stereocenters.